The van der Waals surface area contributed by atoms with Crippen LogP contribution in [-0.2, 0) is 5.54 Å². The minimum absolute atomic E-state index is 0.167. The topological polar surface area (TPSA) is 15.3 Å². The third kappa shape index (κ3) is 3.61. The molecule has 1 aliphatic heterocycles. The van der Waals surface area contributed by atoms with Gasteiger partial charge in [-0.05, 0) is 18.4 Å². The van der Waals surface area contributed by atoms with E-state index in [0.29, 0.717) is 19.0 Å². The number of hydrogen-bond donors (Lipinski definition) is 1. The highest BCUT2D eigenvalue weighted by Gasteiger charge is 2.41. The second-order valence-electron chi connectivity index (χ2n) is 6.31. The highest BCUT2D eigenvalue weighted by molar-refractivity contribution is 5.25. The predicted octanol–water partition coefficient (Wildman–Crippen LogP) is 3.49. The number of hydrogen-bond acceptors (Lipinski definition) is 2. The highest BCUT2D eigenvalue weighted by atomic mass is 19.3. The Labute approximate surface area is 126 Å². The SMILES string of the molecule is CCC(C)C1CN(CC(F)F)C(C)(c2ccccc2)CN1. The van der Waals surface area contributed by atoms with Gasteiger partial charge in [-0.2, -0.15) is 0 Å². The molecule has 4 heteroatoms. The molecule has 1 aliphatic rings. The zero-order valence-corrected chi connectivity index (χ0v) is 13.2. The van der Waals surface area contributed by atoms with Crippen LogP contribution in [0.1, 0.15) is 32.8 Å². The quantitative estimate of drug-likeness (QED) is 0.895. The van der Waals surface area contributed by atoms with Gasteiger partial charge in [0.25, 0.3) is 6.43 Å². The van der Waals surface area contributed by atoms with E-state index in [0.717, 1.165) is 12.0 Å². The molecular weight excluding hydrogens is 270 g/mol. The van der Waals surface area contributed by atoms with Crippen LogP contribution < -0.4 is 5.32 Å². The van der Waals surface area contributed by atoms with E-state index in [2.05, 4.69) is 26.1 Å². The molecule has 2 nitrogen and oxygen atoms in total. The van der Waals surface area contributed by atoms with Gasteiger partial charge in [-0.15, -0.1) is 0 Å². The van der Waals surface area contributed by atoms with Crippen molar-refractivity contribution in [3.05, 3.63) is 35.9 Å². The van der Waals surface area contributed by atoms with Gasteiger partial charge < -0.3 is 5.32 Å². The van der Waals surface area contributed by atoms with Crippen molar-refractivity contribution in [2.45, 2.75) is 45.2 Å². The molecule has 1 saturated heterocycles. The summed E-state index contributed by atoms with van der Waals surface area (Å²) in [6, 6.07) is 10.3. The summed E-state index contributed by atoms with van der Waals surface area (Å²) in [5.74, 6) is 0.491. The molecule has 1 N–H and O–H groups in total. The van der Waals surface area contributed by atoms with Crippen LogP contribution in [0.4, 0.5) is 8.78 Å². The summed E-state index contributed by atoms with van der Waals surface area (Å²) in [5.41, 5.74) is 0.725. The molecule has 0 aliphatic carbocycles. The fourth-order valence-electron chi connectivity index (χ4n) is 3.14. The van der Waals surface area contributed by atoms with Crippen molar-refractivity contribution in [3.63, 3.8) is 0 Å². The van der Waals surface area contributed by atoms with E-state index in [4.69, 9.17) is 0 Å². The maximum Gasteiger partial charge on any atom is 0.251 e. The first-order chi connectivity index (χ1) is 9.97. The molecule has 0 bridgehead atoms. The molecule has 0 amide bonds. The second kappa shape index (κ2) is 6.84. The zero-order valence-electron chi connectivity index (χ0n) is 13.2. The number of benzene rings is 1. The van der Waals surface area contributed by atoms with Gasteiger partial charge in [-0.3, -0.25) is 4.90 Å². The van der Waals surface area contributed by atoms with E-state index in [9.17, 15) is 8.78 Å². The molecule has 0 saturated carbocycles. The van der Waals surface area contributed by atoms with Crippen LogP contribution >= 0.6 is 0 Å². The first-order valence-corrected chi connectivity index (χ1v) is 7.79. The van der Waals surface area contributed by atoms with Crippen molar-refractivity contribution in [2.24, 2.45) is 5.92 Å². The fourth-order valence-corrected chi connectivity index (χ4v) is 3.14. The van der Waals surface area contributed by atoms with E-state index in [1.54, 1.807) is 0 Å². The van der Waals surface area contributed by atoms with Crippen molar-refractivity contribution in [1.82, 2.24) is 10.2 Å². The number of piperazine rings is 1. The Morgan fingerprint density at radius 2 is 2.00 bits per heavy atom. The molecule has 0 radical (unpaired) electrons. The molecule has 1 fully saturated rings. The monoisotopic (exact) mass is 296 g/mol. The molecule has 1 aromatic rings. The van der Waals surface area contributed by atoms with Crippen LogP contribution in [0.3, 0.4) is 0 Å². The first kappa shape index (κ1) is 16.4. The minimum Gasteiger partial charge on any atom is -0.310 e. The fraction of sp³-hybridized carbons (Fsp3) is 0.647. The molecule has 0 aromatic heterocycles. The first-order valence-electron chi connectivity index (χ1n) is 7.79. The Hall–Kier alpha value is -1.00. The Bertz CT molecular complexity index is 438. The average molecular weight is 296 g/mol. The molecule has 118 valence electrons. The maximum absolute atomic E-state index is 13.0. The van der Waals surface area contributed by atoms with Crippen molar-refractivity contribution in [2.75, 3.05) is 19.6 Å². The Kier molecular flexibility index (Phi) is 5.33. The second-order valence-corrected chi connectivity index (χ2v) is 6.31. The zero-order chi connectivity index (χ0) is 15.5. The number of nitrogens with one attached hydrogen (secondary N) is 1. The highest BCUT2D eigenvalue weighted by Crippen LogP contribution is 2.32. The van der Waals surface area contributed by atoms with Crippen molar-refractivity contribution >= 4 is 0 Å². The van der Waals surface area contributed by atoms with Crippen LogP contribution in [0.5, 0.6) is 0 Å². The van der Waals surface area contributed by atoms with Crippen LogP contribution in [0, 0.1) is 5.92 Å². The van der Waals surface area contributed by atoms with Crippen molar-refractivity contribution in [1.29, 1.82) is 0 Å². The molecule has 1 heterocycles. The lowest BCUT2D eigenvalue weighted by molar-refractivity contribution is -0.0114. The van der Waals surface area contributed by atoms with Gasteiger partial charge in [-0.1, -0.05) is 50.6 Å². The van der Waals surface area contributed by atoms with E-state index < -0.39 is 6.43 Å². The summed E-state index contributed by atoms with van der Waals surface area (Å²) in [6.07, 6.45) is -1.24. The summed E-state index contributed by atoms with van der Waals surface area (Å²) in [5, 5.41) is 3.58. The van der Waals surface area contributed by atoms with Crippen molar-refractivity contribution in [3.8, 4) is 0 Å². The number of nitrogens with zero attached hydrogens (tertiary/aromatic N) is 1. The van der Waals surface area contributed by atoms with Gasteiger partial charge >= 0.3 is 0 Å². The van der Waals surface area contributed by atoms with Gasteiger partial charge in [0, 0.05) is 19.1 Å². The minimum atomic E-state index is -2.30. The van der Waals surface area contributed by atoms with E-state index in [-0.39, 0.29) is 18.1 Å². The summed E-state index contributed by atoms with van der Waals surface area (Å²) < 4.78 is 26.1. The summed E-state index contributed by atoms with van der Waals surface area (Å²) in [4.78, 5) is 1.96. The molecule has 3 atom stereocenters. The molecular formula is C17H26F2N2. The van der Waals surface area contributed by atoms with Crippen molar-refractivity contribution < 1.29 is 8.78 Å². The van der Waals surface area contributed by atoms with Gasteiger partial charge in [0.2, 0.25) is 0 Å². The van der Waals surface area contributed by atoms with Gasteiger partial charge in [0.1, 0.15) is 0 Å². The normalized spacial score (nSPS) is 28.8. The number of rotatable bonds is 5. The molecule has 1 aromatic carbocycles. The Balaban J connectivity index is 2.24. The largest absolute Gasteiger partial charge is 0.310 e. The van der Waals surface area contributed by atoms with E-state index in [1.165, 1.54) is 0 Å². The van der Waals surface area contributed by atoms with Crippen LogP contribution in [-0.4, -0.2) is 37.0 Å². The van der Waals surface area contributed by atoms with Crippen LogP contribution in [0.25, 0.3) is 0 Å². The molecule has 3 unspecified atom stereocenters. The summed E-state index contributed by atoms with van der Waals surface area (Å²) in [6.45, 7) is 7.60. The molecule has 21 heavy (non-hydrogen) atoms. The van der Waals surface area contributed by atoms with Gasteiger partial charge in [0.15, 0.2) is 0 Å². The summed E-state index contributed by atoms with van der Waals surface area (Å²) >= 11 is 0. The lowest BCUT2D eigenvalue weighted by Crippen LogP contribution is -2.63. The van der Waals surface area contributed by atoms with Gasteiger partial charge in [-0.25, -0.2) is 8.78 Å². The smallest absolute Gasteiger partial charge is 0.251 e. The third-order valence-electron chi connectivity index (χ3n) is 4.91. The maximum atomic E-state index is 13.0. The average Bonchev–Trinajstić information content (AvgIpc) is 2.49. The molecule has 0 spiro atoms. The lowest BCUT2D eigenvalue weighted by Gasteiger charge is -2.49. The van der Waals surface area contributed by atoms with Gasteiger partial charge in [0.05, 0.1) is 12.1 Å². The van der Waals surface area contributed by atoms with Crippen LogP contribution in [0.15, 0.2) is 30.3 Å². The molecule has 2 rings (SSSR count). The Morgan fingerprint density at radius 3 is 2.57 bits per heavy atom. The van der Waals surface area contributed by atoms with E-state index >= 15 is 0 Å². The standard InChI is InChI=1S/C17H26F2N2/c1-4-13(2)15-10-21(11-16(18)19)17(3,12-20-15)14-8-6-5-7-9-14/h5-9,13,15-16,20H,4,10-12H2,1-3H3. The van der Waals surface area contributed by atoms with Crippen LogP contribution in [0.2, 0.25) is 0 Å². The van der Waals surface area contributed by atoms with E-state index in [1.807, 2.05) is 35.2 Å². The predicted molar refractivity (Wildman–Crippen MR) is 82.6 cm³/mol. The Morgan fingerprint density at radius 1 is 1.33 bits per heavy atom. The third-order valence-corrected chi connectivity index (χ3v) is 4.91. The number of alkyl halides is 2. The lowest BCUT2D eigenvalue weighted by atomic mass is 9.84. The number of halogens is 2. The summed E-state index contributed by atoms with van der Waals surface area (Å²) in [7, 11) is 0.